The van der Waals surface area contributed by atoms with Gasteiger partial charge in [0.2, 0.25) is 0 Å². The van der Waals surface area contributed by atoms with Gasteiger partial charge in [-0.3, -0.25) is 14.4 Å². The fraction of sp³-hybridized carbons (Fsp3) is 0.883. The highest BCUT2D eigenvalue weighted by Crippen LogP contribution is 2.17. The Bertz CT molecular complexity index is 1070. The molecule has 0 heterocycles. The number of unbranched alkanes of at least 4 members (excludes halogenated alkanes) is 39. The first-order chi connectivity index (χ1) is 32.5. The number of hydrogen-bond donors (Lipinski definition) is 0. The molecule has 0 aromatic heterocycles. The molecule has 0 aliphatic carbocycles. The van der Waals surface area contributed by atoms with Gasteiger partial charge in [0, 0.05) is 19.3 Å². The van der Waals surface area contributed by atoms with E-state index in [2.05, 4.69) is 45.1 Å². The van der Waals surface area contributed by atoms with Crippen LogP contribution in [0.3, 0.4) is 0 Å². The predicted molar refractivity (Wildman–Crippen MR) is 284 cm³/mol. The number of rotatable bonds is 54. The Balaban J connectivity index is 4.26. The second-order valence-corrected chi connectivity index (χ2v) is 19.9. The molecule has 0 rings (SSSR count). The molecule has 0 aromatic rings. The molecule has 6 heteroatoms. The Labute approximate surface area is 411 Å². The maximum absolute atomic E-state index is 12.8. The minimum absolute atomic E-state index is 0.0729. The van der Waals surface area contributed by atoms with Gasteiger partial charge in [-0.1, -0.05) is 263 Å². The SMILES string of the molecule is CCCC/C=C\CCCCCCCC(=O)OCC(COC(=O)CCCCCCCCCCCCCCCCCCCCCCC)OC(=O)CCCCCCC/C=C\CCCCCCCCC. The van der Waals surface area contributed by atoms with Gasteiger partial charge in [-0.05, 0) is 64.2 Å². The first-order valence-corrected chi connectivity index (χ1v) is 29.3. The van der Waals surface area contributed by atoms with Crippen molar-refractivity contribution in [2.45, 2.75) is 329 Å². The number of carbonyl (C=O) groups excluding carboxylic acids is 3. The van der Waals surface area contributed by atoms with E-state index in [1.165, 1.54) is 212 Å². The summed E-state index contributed by atoms with van der Waals surface area (Å²) in [6, 6.07) is 0. The lowest BCUT2D eigenvalue weighted by atomic mass is 10.0. The molecule has 0 aromatic carbocycles. The highest BCUT2D eigenvalue weighted by molar-refractivity contribution is 5.71. The van der Waals surface area contributed by atoms with Gasteiger partial charge >= 0.3 is 17.9 Å². The van der Waals surface area contributed by atoms with E-state index in [1.54, 1.807) is 0 Å². The maximum Gasteiger partial charge on any atom is 0.306 e. The molecule has 1 unspecified atom stereocenters. The molecule has 0 aliphatic rings. The van der Waals surface area contributed by atoms with Gasteiger partial charge in [0.1, 0.15) is 13.2 Å². The lowest BCUT2D eigenvalue weighted by Crippen LogP contribution is -2.30. The Morgan fingerprint density at radius 3 is 0.803 bits per heavy atom. The molecule has 0 saturated heterocycles. The molecule has 0 aliphatic heterocycles. The first kappa shape index (κ1) is 63.9. The molecule has 0 radical (unpaired) electrons. The molecule has 0 N–H and O–H groups in total. The Kier molecular flexibility index (Phi) is 53.7. The number of hydrogen-bond acceptors (Lipinski definition) is 6. The molecule has 0 saturated carbocycles. The molecular weight excluding hydrogens is 817 g/mol. The minimum atomic E-state index is -0.775. The number of esters is 3. The molecule has 388 valence electrons. The van der Waals surface area contributed by atoms with Crippen molar-refractivity contribution in [3.05, 3.63) is 24.3 Å². The molecule has 0 bridgehead atoms. The van der Waals surface area contributed by atoms with Crippen LogP contribution in [-0.2, 0) is 28.6 Å². The maximum atomic E-state index is 12.8. The van der Waals surface area contributed by atoms with Crippen LogP contribution in [0.5, 0.6) is 0 Å². The monoisotopic (exact) mass is 929 g/mol. The normalized spacial score (nSPS) is 12.1. The van der Waals surface area contributed by atoms with Crippen LogP contribution >= 0.6 is 0 Å². The van der Waals surface area contributed by atoms with Gasteiger partial charge in [0.05, 0.1) is 0 Å². The van der Waals surface area contributed by atoms with Gasteiger partial charge in [-0.2, -0.15) is 0 Å². The van der Waals surface area contributed by atoms with Crippen molar-refractivity contribution >= 4 is 17.9 Å². The van der Waals surface area contributed by atoms with Crippen molar-refractivity contribution in [2.24, 2.45) is 0 Å². The number of ether oxygens (including phenoxy) is 3. The van der Waals surface area contributed by atoms with Crippen LogP contribution in [0.1, 0.15) is 323 Å². The van der Waals surface area contributed by atoms with Crippen LogP contribution in [0.15, 0.2) is 24.3 Å². The van der Waals surface area contributed by atoms with Crippen molar-refractivity contribution in [2.75, 3.05) is 13.2 Å². The molecule has 0 spiro atoms. The Morgan fingerprint density at radius 1 is 0.288 bits per heavy atom. The van der Waals surface area contributed by atoms with E-state index >= 15 is 0 Å². The largest absolute Gasteiger partial charge is 0.462 e. The summed E-state index contributed by atoms with van der Waals surface area (Å²) in [6.07, 6.45) is 64.6. The van der Waals surface area contributed by atoms with Gasteiger partial charge in [0.25, 0.3) is 0 Å². The van der Waals surface area contributed by atoms with Crippen LogP contribution in [0.4, 0.5) is 0 Å². The Morgan fingerprint density at radius 2 is 0.515 bits per heavy atom. The highest BCUT2D eigenvalue weighted by atomic mass is 16.6. The van der Waals surface area contributed by atoms with E-state index in [1.807, 2.05) is 0 Å². The minimum Gasteiger partial charge on any atom is -0.462 e. The van der Waals surface area contributed by atoms with E-state index in [4.69, 9.17) is 14.2 Å². The number of allylic oxidation sites excluding steroid dienone is 4. The van der Waals surface area contributed by atoms with E-state index in [-0.39, 0.29) is 31.1 Å². The first-order valence-electron chi connectivity index (χ1n) is 29.3. The highest BCUT2D eigenvalue weighted by Gasteiger charge is 2.19. The molecule has 66 heavy (non-hydrogen) atoms. The third-order valence-electron chi connectivity index (χ3n) is 13.2. The summed E-state index contributed by atoms with van der Waals surface area (Å²) in [4.78, 5) is 38.1. The topological polar surface area (TPSA) is 78.9 Å². The van der Waals surface area contributed by atoms with Crippen LogP contribution in [-0.4, -0.2) is 37.2 Å². The molecule has 0 fully saturated rings. The van der Waals surface area contributed by atoms with Crippen molar-refractivity contribution < 1.29 is 28.6 Å². The summed E-state index contributed by atoms with van der Waals surface area (Å²) < 4.78 is 16.9. The van der Waals surface area contributed by atoms with Crippen LogP contribution in [0, 0.1) is 0 Å². The lowest BCUT2D eigenvalue weighted by molar-refractivity contribution is -0.167. The van der Waals surface area contributed by atoms with E-state index < -0.39 is 6.10 Å². The van der Waals surface area contributed by atoms with Crippen molar-refractivity contribution in [3.63, 3.8) is 0 Å². The smallest absolute Gasteiger partial charge is 0.306 e. The summed E-state index contributed by atoms with van der Waals surface area (Å²) >= 11 is 0. The quantitative estimate of drug-likeness (QED) is 0.0262. The zero-order valence-corrected chi connectivity index (χ0v) is 44.5. The second-order valence-electron chi connectivity index (χ2n) is 19.9. The van der Waals surface area contributed by atoms with Crippen LogP contribution < -0.4 is 0 Å². The molecular formula is C60H112O6. The van der Waals surface area contributed by atoms with Gasteiger partial charge < -0.3 is 14.2 Å². The zero-order chi connectivity index (χ0) is 47.9. The van der Waals surface area contributed by atoms with Gasteiger partial charge in [-0.15, -0.1) is 0 Å². The van der Waals surface area contributed by atoms with Gasteiger partial charge in [0.15, 0.2) is 6.10 Å². The van der Waals surface area contributed by atoms with E-state index in [0.29, 0.717) is 19.3 Å². The zero-order valence-electron chi connectivity index (χ0n) is 44.5. The van der Waals surface area contributed by atoms with Crippen molar-refractivity contribution in [3.8, 4) is 0 Å². The van der Waals surface area contributed by atoms with E-state index in [0.717, 1.165) is 70.6 Å². The number of carbonyl (C=O) groups is 3. The van der Waals surface area contributed by atoms with Crippen LogP contribution in [0.25, 0.3) is 0 Å². The standard InChI is InChI=1S/C60H112O6/c1-4-7-10-13-16-19-22-24-26-28-29-30-31-32-34-35-38-41-44-47-50-53-59(62)65-56-57(55-64-58(61)52-49-46-43-40-37-21-18-15-12-9-6-3)66-60(63)54-51-48-45-42-39-36-33-27-25-23-20-17-14-11-8-5-2/h15,18,27,33,57H,4-14,16-17,19-26,28-32,34-56H2,1-3H3/b18-15-,33-27-. The molecule has 6 nitrogen and oxygen atoms in total. The van der Waals surface area contributed by atoms with Crippen LogP contribution in [0.2, 0.25) is 0 Å². The second kappa shape index (κ2) is 55.5. The molecule has 1 atom stereocenters. The third-order valence-corrected chi connectivity index (χ3v) is 13.2. The fourth-order valence-corrected chi connectivity index (χ4v) is 8.71. The lowest BCUT2D eigenvalue weighted by Gasteiger charge is -2.18. The average Bonchev–Trinajstić information content (AvgIpc) is 3.31. The fourth-order valence-electron chi connectivity index (χ4n) is 8.71. The summed E-state index contributed by atoms with van der Waals surface area (Å²) in [5.41, 5.74) is 0. The molecule has 0 amide bonds. The van der Waals surface area contributed by atoms with Crippen molar-refractivity contribution in [1.82, 2.24) is 0 Å². The Hall–Kier alpha value is -2.11. The summed E-state index contributed by atoms with van der Waals surface area (Å²) in [7, 11) is 0. The summed E-state index contributed by atoms with van der Waals surface area (Å²) in [5, 5.41) is 0. The van der Waals surface area contributed by atoms with E-state index in [9.17, 15) is 14.4 Å². The summed E-state index contributed by atoms with van der Waals surface area (Å²) in [5.74, 6) is -0.873. The van der Waals surface area contributed by atoms with Gasteiger partial charge in [-0.25, -0.2) is 0 Å². The average molecular weight is 930 g/mol. The van der Waals surface area contributed by atoms with Crippen molar-refractivity contribution in [1.29, 1.82) is 0 Å². The third kappa shape index (κ3) is 52.9. The summed E-state index contributed by atoms with van der Waals surface area (Å²) in [6.45, 7) is 6.63. The predicted octanol–water partition coefficient (Wildman–Crippen LogP) is 19.5.